The van der Waals surface area contributed by atoms with Crippen molar-refractivity contribution in [2.45, 2.75) is 63.1 Å². The van der Waals surface area contributed by atoms with E-state index in [0.717, 1.165) is 31.2 Å². The molecule has 0 radical (unpaired) electrons. The highest BCUT2D eigenvalue weighted by Gasteiger charge is 2.42. The lowest BCUT2D eigenvalue weighted by Gasteiger charge is -2.41. The fourth-order valence-corrected chi connectivity index (χ4v) is 5.05. The van der Waals surface area contributed by atoms with Gasteiger partial charge in [-0.3, -0.25) is 9.59 Å². The summed E-state index contributed by atoms with van der Waals surface area (Å²) in [7, 11) is 0. The standard InChI is InChI=1S/C27H35N3O3/c1-26(2,28)25(32)29-23(19-33-18-20-8-4-3-5-9-20)24(31)30-16-14-27(15-17-30)13-12-21-10-6-7-11-22(21)27/h3-11,23H,12-19,28H2,1-2H3,(H,29,32)/t23-/m1/s1. The number of hydrogen-bond donors (Lipinski definition) is 2. The number of fused-ring (bicyclic) bond motifs is 2. The molecule has 1 heterocycles. The van der Waals surface area contributed by atoms with E-state index < -0.39 is 11.6 Å². The molecule has 4 rings (SSSR count). The lowest BCUT2D eigenvalue weighted by atomic mass is 9.74. The first kappa shape index (κ1) is 23.5. The second-order valence-corrected chi connectivity index (χ2v) is 10.0. The lowest BCUT2D eigenvalue weighted by Crippen LogP contribution is -2.59. The van der Waals surface area contributed by atoms with Crippen LogP contribution in [-0.2, 0) is 32.8 Å². The third kappa shape index (κ3) is 5.28. The molecule has 1 atom stereocenters. The Balaban J connectivity index is 1.40. The van der Waals surface area contributed by atoms with Gasteiger partial charge in [0, 0.05) is 13.1 Å². The predicted octanol–water partition coefficient (Wildman–Crippen LogP) is 2.93. The van der Waals surface area contributed by atoms with Crippen LogP contribution in [0.25, 0.3) is 0 Å². The molecule has 1 aliphatic heterocycles. The first-order valence-electron chi connectivity index (χ1n) is 11.9. The second kappa shape index (κ2) is 9.65. The van der Waals surface area contributed by atoms with Gasteiger partial charge in [0.15, 0.2) is 0 Å². The minimum atomic E-state index is -1.07. The van der Waals surface area contributed by atoms with Gasteiger partial charge in [-0.25, -0.2) is 0 Å². The number of hydrogen-bond acceptors (Lipinski definition) is 4. The Kier molecular flexibility index (Phi) is 6.86. The predicted molar refractivity (Wildman–Crippen MR) is 129 cm³/mol. The van der Waals surface area contributed by atoms with Gasteiger partial charge >= 0.3 is 0 Å². The molecule has 2 aliphatic rings. The Bertz CT molecular complexity index is 976. The van der Waals surface area contributed by atoms with Crippen molar-refractivity contribution in [1.82, 2.24) is 10.2 Å². The lowest BCUT2D eigenvalue weighted by molar-refractivity contribution is -0.140. The minimum Gasteiger partial charge on any atom is -0.374 e. The van der Waals surface area contributed by atoms with Crippen molar-refractivity contribution in [2.24, 2.45) is 5.73 Å². The first-order valence-corrected chi connectivity index (χ1v) is 11.9. The fourth-order valence-electron chi connectivity index (χ4n) is 5.05. The summed E-state index contributed by atoms with van der Waals surface area (Å²) in [5.41, 5.74) is 9.00. The molecule has 1 spiro atoms. The van der Waals surface area contributed by atoms with Crippen molar-refractivity contribution in [2.75, 3.05) is 19.7 Å². The molecule has 3 N–H and O–H groups in total. The molecule has 1 aliphatic carbocycles. The van der Waals surface area contributed by atoms with Gasteiger partial charge in [0.05, 0.1) is 18.8 Å². The Labute approximate surface area is 196 Å². The van der Waals surface area contributed by atoms with Crippen LogP contribution >= 0.6 is 0 Å². The molecular formula is C27H35N3O3. The third-order valence-corrected chi connectivity index (χ3v) is 7.08. The SMILES string of the molecule is CC(C)(N)C(=O)N[C@H](COCc1ccccc1)C(=O)N1CCC2(CCc3ccccc32)CC1. The number of carbonyl (C=O) groups is 2. The van der Waals surface area contributed by atoms with Gasteiger partial charge in [-0.05, 0) is 61.6 Å². The van der Waals surface area contributed by atoms with E-state index in [1.807, 2.05) is 35.2 Å². The molecule has 2 aromatic rings. The molecule has 6 heteroatoms. The molecule has 2 amide bonds. The van der Waals surface area contributed by atoms with E-state index in [2.05, 4.69) is 29.6 Å². The summed E-state index contributed by atoms with van der Waals surface area (Å²) >= 11 is 0. The van der Waals surface area contributed by atoms with E-state index in [9.17, 15) is 9.59 Å². The summed E-state index contributed by atoms with van der Waals surface area (Å²) in [6.45, 7) is 5.13. The molecule has 0 bridgehead atoms. The Morgan fingerprint density at radius 3 is 2.42 bits per heavy atom. The van der Waals surface area contributed by atoms with Gasteiger partial charge in [0.25, 0.3) is 0 Å². The zero-order valence-electron chi connectivity index (χ0n) is 19.7. The van der Waals surface area contributed by atoms with E-state index in [1.165, 1.54) is 11.1 Å². The molecule has 33 heavy (non-hydrogen) atoms. The molecule has 0 aromatic heterocycles. The maximum Gasteiger partial charge on any atom is 0.247 e. The first-order chi connectivity index (χ1) is 15.8. The number of nitrogens with zero attached hydrogens (tertiary/aromatic N) is 1. The molecule has 1 fully saturated rings. The molecule has 176 valence electrons. The number of benzene rings is 2. The van der Waals surface area contributed by atoms with Gasteiger partial charge in [0.1, 0.15) is 6.04 Å². The van der Waals surface area contributed by atoms with Crippen molar-refractivity contribution in [3.8, 4) is 0 Å². The van der Waals surface area contributed by atoms with Crippen molar-refractivity contribution in [1.29, 1.82) is 0 Å². The van der Waals surface area contributed by atoms with Crippen molar-refractivity contribution in [3.63, 3.8) is 0 Å². The highest BCUT2D eigenvalue weighted by Crippen LogP contribution is 2.46. The summed E-state index contributed by atoms with van der Waals surface area (Å²) in [6, 6.07) is 17.8. The Hall–Kier alpha value is -2.70. The molecule has 1 saturated heterocycles. The van der Waals surface area contributed by atoms with E-state index in [4.69, 9.17) is 10.5 Å². The number of nitrogens with one attached hydrogen (secondary N) is 1. The summed E-state index contributed by atoms with van der Waals surface area (Å²) < 4.78 is 5.84. The number of ether oxygens (including phenoxy) is 1. The normalized spacial score (nSPS) is 18.1. The van der Waals surface area contributed by atoms with Crippen molar-refractivity contribution < 1.29 is 14.3 Å². The van der Waals surface area contributed by atoms with Crippen LogP contribution in [0.15, 0.2) is 54.6 Å². The smallest absolute Gasteiger partial charge is 0.247 e. The van der Waals surface area contributed by atoms with Crippen LogP contribution in [-0.4, -0.2) is 48.0 Å². The summed E-state index contributed by atoms with van der Waals surface area (Å²) in [6.07, 6.45) is 4.16. The number of carbonyl (C=O) groups excluding carboxylic acids is 2. The molecule has 6 nitrogen and oxygen atoms in total. The van der Waals surface area contributed by atoms with Crippen LogP contribution in [0.3, 0.4) is 0 Å². The average Bonchev–Trinajstić information content (AvgIpc) is 3.16. The zero-order chi connectivity index (χ0) is 23.5. The van der Waals surface area contributed by atoms with E-state index in [-0.39, 0.29) is 23.8 Å². The minimum absolute atomic E-state index is 0.0956. The van der Waals surface area contributed by atoms with Gasteiger partial charge < -0.3 is 20.7 Å². The second-order valence-electron chi connectivity index (χ2n) is 10.0. The van der Waals surface area contributed by atoms with Crippen LogP contribution in [0.1, 0.15) is 49.8 Å². The topological polar surface area (TPSA) is 84.7 Å². The number of piperidine rings is 1. The number of amides is 2. The Morgan fingerprint density at radius 1 is 1.06 bits per heavy atom. The van der Waals surface area contributed by atoms with Gasteiger partial charge in [-0.15, -0.1) is 0 Å². The fraction of sp³-hybridized carbons (Fsp3) is 0.481. The maximum absolute atomic E-state index is 13.4. The maximum atomic E-state index is 13.4. The van der Waals surface area contributed by atoms with Gasteiger partial charge in [-0.2, -0.15) is 0 Å². The average molecular weight is 450 g/mol. The highest BCUT2D eigenvalue weighted by molar-refractivity contribution is 5.91. The largest absolute Gasteiger partial charge is 0.374 e. The monoisotopic (exact) mass is 449 g/mol. The molecule has 0 unspecified atom stereocenters. The zero-order valence-corrected chi connectivity index (χ0v) is 19.7. The number of aryl methyl sites for hydroxylation is 1. The van der Waals surface area contributed by atoms with Crippen molar-refractivity contribution in [3.05, 3.63) is 71.3 Å². The number of likely N-dealkylation sites (tertiary alicyclic amines) is 1. The summed E-state index contributed by atoms with van der Waals surface area (Å²) in [5, 5.41) is 2.84. The number of rotatable bonds is 7. The van der Waals surface area contributed by atoms with Crippen LogP contribution in [0.2, 0.25) is 0 Å². The molecular weight excluding hydrogens is 414 g/mol. The van der Waals surface area contributed by atoms with Crippen LogP contribution in [0.4, 0.5) is 0 Å². The highest BCUT2D eigenvalue weighted by atomic mass is 16.5. The van der Waals surface area contributed by atoms with Crippen LogP contribution in [0, 0.1) is 0 Å². The van der Waals surface area contributed by atoms with E-state index in [1.54, 1.807) is 13.8 Å². The summed E-state index contributed by atoms with van der Waals surface area (Å²) in [5.74, 6) is -0.454. The van der Waals surface area contributed by atoms with E-state index >= 15 is 0 Å². The number of nitrogens with two attached hydrogens (primary N) is 1. The van der Waals surface area contributed by atoms with Crippen molar-refractivity contribution >= 4 is 11.8 Å². The van der Waals surface area contributed by atoms with Crippen LogP contribution < -0.4 is 11.1 Å². The van der Waals surface area contributed by atoms with Gasteiger partial charge in [-0.1, -0.05) is 54.6 Å². The van der Waals surface area contributed by atoms with Gasteiger partial charge in [0.2, 0.25) is 11.8 Å². The quantitative estimate of drug-likeness (QED) is 0.681. The third-order valence-electron chi connectivity index (χ3n) is 7.08. The summed E-state index contributed by atoms with van der Waals surface area (Å²) in [4.78, 5) is 27.9. The van der Waals surface area contributed by atoms with E-state index in [0.29, 0.717) is 19.7 Å². The molecule has 2 aromatic carbocycles. The van der Waals surface area contributed by atoms with Crippen LogP contribution in [0.5, 0.6) is 0 Å². The Morgan fingerprint density at radius 2 is 1.73 bits per heavy atom. The molecule has 0 saturated carbocycles.